The number of ether oxygens (including phenoxy) is 3. The molecular weight excluding hydrogens is 727 g/mol. The Hall–Kier alpha value is -3.99. The maximum absolute atomic E-state index is 17.3. The first-order valence-electron chi connectivity index (χ1n) is 19.4. The van der Waals surface area contributed by atoms with E-state index in [2.05, 4.69) is 78.2 Å². The zero-order chi connectivity index (χ0) is 39.3. The summed E-state index contributed by atoms with van der Waals surface area (Å²) < 4.78 is 79.5. The standard InChI is InChI=1S/C42H51F4N5O3Si/c1-25(2)55(26(3)4,27(5)6)16-11-31-34(45)10-9-28-17-30(54-24-52-7)18-32(35(28)31)37-36(46)38-33(20-47-37)39(50-41(22-43)13-14-41)49-40(48-38)53-23-42-12-8-15-51(42)21-29(44)19-42/h9-10,17-18,20,25-27,29H,8,12-15,19,21-24H2,1-7H3,(H,48,49,50)/t29-,42+/m1/s1. The lowest BCUT2D eigenvalue weighted by Crippen LogP contribution is -2.43. The highest BCUT2D eigenvalue weighted by Crippen LogP contribution is 2.45. The third kappa shape index (κ3) is 7.14. The van der Waals surface area contributed by atoms with Gasteiger partial charge in [0.1, 0.15) is 56.1 Å². The number of benzene rings is 2. The van der Waals surface area contributed by atoms with Gasteiger partial charge in [0.2, 0.25) is 0 Å². The smallest absolute Gasteiger partial charge is 0.319 e. The third-order valence-electron chi connectivity index (χ3n) is 12.3. The molecule has 2 aliphatic heterocycles. The van der Waals surface area contributed by atoms with Crippen molar-refractivity contribution in [3.8, 4) is 34.5 Å². The van der Waals surface area contributed by atoms with Crippen molar-refractivity contribution in [1.29, 1.82) is 0 Å². The average molecular weight is 778 g/mol. The van der Waals surface area contributed by atoms with E-state index in [-0.39, 0.29) is 53.0 Å². The van der Waals surface area contributed by atoms with Gasteiger partial charge in [0.15, 0.2) is 12.6 Å². The molecule has 2 aromatic heterocycles. The van der Waals surface area contributed by atoms with Gasteiger partial charge in [-0.2, -0.15) is 9.97 Å². The summed E-state index contributed by atoms with van der Waals surface area (Å²) >= 11 is 0. The summed E-state index contributed by atoms with van der Waals surface area (Å²) in [6.07, 6.45) is 3.69. The molecule has 7 rings (SSSR count). The number of fused-ring (bicyclic) bond motifs is 3. The zero-order valence-electron chi connectivity index (χ0n) is 32.8. The fourth-order valence-corrected chi connectivity index (χ4v) is 14.5. The van der Waals surface area contributed by atoms with Crippen LogP contribution in [-0.4, -0.2) is 85.4 Å². The van der Waals surface area contributed by atoms with Gasteiger partial charge in [-0.15, -0.1) is 5.54 Å². The Morgan fingerprint density at radius 2 is 1.76 bits per heavy atom. The van der Waals surface area contributed by atoms with Crippen LogP contribution in [-0.2, 0) is 4.74 Å². The molecule has 1 aliphatic carbocycles. The summed E-state index contributed by atoms with van der Waals surface area (Å²) in [5.41, 5.74) is 3.45. The maximum Gasteiger partial charge on any atom is 0.319 e. The summed E-state index contributed by atoms with van der Waals surface area (Å²) in [5, 5.41) is 4.39. The first-order chi connectivity index (χ1) is 26.3. The Morgan fingerprint density at radius 1 is 1.02 bits per heavy atom. The molecule has 2 aromatic carbocycles. The van der Waals surface area contributed by atoms with Crippen LogP contribution >= 0.6 is 0 Å². The molecule has 0 bridgehead atoms. The van der Waals surface area contributed by atoms with E-state index in [0.29, 0.717) is 59.0 Å². The highest BCUT2D eigenvalue weighted by Gasteiger charge is 2.50. The quantitative estimate of drug-likeness (QED) is 0.0623. The number of hydrogen-bond donors (Lipinski definition) is 1. The molecule has 3 fully saturated rings. The van der Waals surface area contributed by atoms with E-state index in [1.165, 1.54) is 19.4 Å². The maximum atomic E-state index is 17.3. The van der Waals surface area contributed by atoms with Gasteiger partial charge in [0.05, 0.1) is 22.0 Å². The van der Waals surface area contributed by atoms with Crippen LogP contribution in [0, 0.1) is 23.1 Å². The molecule has 1 N–H and O–H groups in total. The van der Waals surface area contributed by atoms with E-state index in [1.807, 2.05) is 0 Å². The molecule has 55 heavy (non-hydrogen) atoms. The molecule has 3 aliphatic rings. The number of methoxy groups -OCH3 is 1. The molecular formula is C42H51F4N5O3Si. The molecule has 2 atom stereocenters. The van der Waals surface area contributed by atoms with E-state index in [0.717, 1.165) is 19.4 Å². The Morgan fingerprint density at radius 3 is 2.44 bits per heavy atom. The summed E-state index contributed by atoms with van der Waals surface area (Å²) in [7, 11) is -0.805. The second kappa shape index (κ2) is 15.2. The predicted octanol–water partition coefficient (Wildman–Crippen LogP) is 9.54. The molecule has 4 heterocycles. The van der Waals surface area contributed by atoms with Crippen molar-refractivity contribution in [3.05, 3.63) is 47.7 Å². The van der Waals surface area contributed by atoms with Crippen molar-refractivity contribution in [2.75, 3.05) is 45.6 Å². The van der Waals surface area contributed by atoms with Gasteiger partial charge in [-0.1, -0.05) is 53.5 Å². The van der Waals surface area contributed by atoms with Crippen molar-refractivity contribution in [2.24, 2.45) is 0 Å². The zero-order valence-corrected chi connectivity index (χ0v) is 33.8. The van der Waals surface area contributed by atoms with Gasteiger partial charge >= 0.3 is 6.01 Å². The van der Waals surface area contributed by atoms with Crippen molar-refractivity contribution >= 4 is 35.6 Å². The van der Waals surface area contributed by atoms with Crippen LogP contribution in [0.2, 0.25) is 16.6 Å². The van der Waals surface area contributed by atoms with Gasteiger partial charge < -0.3 is 19.5 Å². The monoisotopic (exact) mass is 777 g/mol. The predicted molar refractivity (Wildman–Crippen MR) is 211 cm³/mol. The van der Waals surface area contributed by atoms with Crippen LogP contribution in [0.1, 0.15) is 79.2 Å². The molecule has 0 spiro atoms. The number of aromatic nitrogens is 3. The molecule has 0 amide bonds. The number of nitrogens with one attached hydrogen (secondary N) is 1. The van der Waals surface area contributed by atoms with Crippen molar-refractivity contribution in [1.82, 2.24) is 19.9 Å². The highest BCUT2D eigenvalue weighted by atomic mass is 28.3. The number of alkyl halides is 2. The van der Waals surface area contributed by atoms with E-state index < -0.39 is 43.6 Å². The Kier molecular flexibility index (Phi) is 10.8. The highest BCUT2D eigenvalue weighted by molar-refractivity contribution is 6.90. The van der Waals surface area contributed by atoms with E-state index in [9.17, 15) is 8.78 Å². The summed E-state index contributed by atoms with van der Waals surface area (Å²) in [6, 6.07) is 6.24. The normalized spacial score (nSPS) is 20.7. The van der Waals surface area contributed by atoms with Gasteiger partial charge in [0, 0.05) is 37.2 Å². The van der Waals surface area contributed by atoms with Crippen LogP contribution in [0.3, 0.4) is 0 Å². The van der Waals surface area contributed by atoms with E-state index in [1.54, 1.807) is 18.2 Å². The van der Waals surface area contributed by atoms with Crippen LogP contribution in [0.5, 0.6) is 11.8 Å². The van der Waals surface area contributed by atoms with Gasteiger partial charge in [-0.3, -0.25) is 9.88 Å². The van der Waals surface area contributed by atoms with Crippen molar-refractivity contribution in [2.45, 2.75) is 108 Å². The van der Waals surface area contributed by atoms with E-state index in [4.69, 9.17) is 14.2 Å². The van der Waals surface area contributed by atoms with Crippen LogP contribution in [0.4, 0.5) is 23.4 Å². The fraction of sp³-hybridized carbons (Fsp3) is 0.548. The molecule has 2 saturated heterocycles. The molecule has 13 heteroatoms. The number of rotatable bonds is 13. The second-order valence-corrected chi connectivity index (χ2v) is 22.2. The minimum atomic E-state index is -2.30. The molecule has 4 aromatic rings. The Balaban J connectivity index is 1.41. The molecule has 0 unspecified atom stereocenters. The number of hydrogen-bond acceptors (Lipinski definition) is 8. The molecule has 8 nitrogen and oxygen atoms in total. The number of anilines is 1. The van der Waals surface area contributed by atoms with Crippen molar-refractivity contribution in [3.63, 3.8) is 0 Å². The van der Waals surface area contributed by atoms with E-state index >= 15 is 8.78 Å². The Labute approximate surface area is 321 Å². The van der Waals surface area contributed by atoms with Crippen LogP contribution in [0.15, 0.2) is 30.5 Å². The lowest BCUT2D eigenvalue weighted by molar-refractivity contribution is 0.0512. The number of halogens is 4. The van der Waals surface area contributed by atoms with Crippen LogP contribution in [0.25, 0.3) is 32.9 Å². The average Bonchev–Trinajstić information content (AvgIpc) is 3.71. The summed E-state index contributed by atoms with van der Waals surface area (Å²) in [6.45, 7) is 13.7. The van der Waals surface area contributed by atoms with Gasteiger partial charge in [-0.25, -0.2) is 17.6 Å². The lowest BCUT2D eigenvalue weighted by Gasteiger charge is -2.38. The largest absolute Gasteiger partial charge is 0.468 e. The topological polar surface area (TPSA) is 81.6 Å². The molecule has 294 valence electrons. The SMILES string of the molecule is COCOc1cc(-c2ncc3c(NC4(CF)CC4)nc(OC[C@@]45CCCN4C[C@H](F)C5)nc3c2F)c2c(C#C[Si](C(C)C)(C(C)C)C(C)C)c(F)ccc2c1. The first kappa shape index (κ1) is 39.2. The van der Waals surface area contributed by atoms with Gasteiger partial charge in [0.25, 0.3) is 0 Å². The molecule has 1 saturated carbocycles. The summed E-state index contributed by atoms with van der Waals surface area (Å²) in [4.78, 5) is 15.9. The number of nitrogens with zero attached hydrogens (tertiary/aromatic N) is 4. The summed E-state index contributed by atoms with van der Waals surface area (Å²) in [5.74, 6) is 2.52. The fourth-order valence-electron chi connectivity index (χ4n) is 9.26. The molecule has 0 radical (unpaired) electrons. The van der Waals surface area contributed by atoms with Gasteiger partial charge in [-0.05, 0) is 72.4 Å². The Bertz CT molecular complexity index is 2130. The number of pyridine rings is 1. The lowest BCUT2D eigenvalue weighted by atomic mass is 9.95. The first-order valence-corrected chi connectivity index (χ1v) is 21.6. The third-order valence-corrected chi connectivity index (χ3v) is 18.6. The second-order valence-electron chi connectivity index (χ2n) is 16.6. The minimum absolute atomic E-state index is 0.0704. The minimum Gasteiger partial charge on any atom is -0.468 e. The van der Waals surface area contributed by atoms with Crippen molar-refractivity contribution < 1.29 is 31.8 Å². The van der Waals surface area contributed by atoms with Crippen LogP contribution < -0.4 is 14.8 Å².